The molecule has 1 atom stereocenters. The van der Waals surface area contributed by atoms with Gasteiger partial charge in [-0.2, -0.15) is 5.26 Å². The zero-order valence-corrected chi connectivity index (χ0v) is 13.0. The van der Waals surface area contributed by atoms with Crippen molar-refractivity contribution in [3.05, 3.63) is 23.8 Å². The highest BCUT2D eigenvalue weighted by molar-refractivity contribution is 5.92. The van der Waals surface area contributed by atoms with E-state index in [1.807, 2.05) is 39.0 Å². The van der Waals surface area contributed by atoms with E-state index in [0.29, 0.717) is 25.2 Å². The number of benzene rings is 1. The maximum atomic E-state index is 12.0. The fourth-order valence-electron chi connectivity index (χ4n) is 2.07. The monoisotopic (exact) mass is 288 g/mol. The average Bonchev–Trinajstić information content (AvgIpc) is 2.47. The summed E-state index contributed by atoms with van der Waals surface area (Å²) >= 11 is 0. The number of amides is 1. The fourth-order valence-corrected chi connectivity index (χ4v) is 2.07. The molecular formula is C16H24N4O. The molecule has 1 amide bonds. The van der Waals surface area contributed by atoms with Gasteiger partial charge < -0.3 is 16.0 Å². The van der Waals surface area contributed by atoms with Crippen LogP contribution in [0.2, 0.25) is 0 Å². The molecule has 21 heavy (non-hydrogen) atoms. The molecule has 0 radical (unpaired) electrons. The molecule has 0 heterocycles. The Hall–Kier alpha value is -2.06. The lowest BCUT2D eigenvalue weighted by atomic mass is 10.1. The summed E-state index contributed by atoms with van der Waals surface area (Å²) < 4.78 is 0. The van der Waals surface area contributed by atoms with Crippen molar-refractivity contribution in [2.45, 2.75) is 27.2 Å². The Morgan fingerprint density at radius 1 is 1.52 bits per heavy atom. The molecule has 0 bridgehead atoms. The van der Waals surface area contributed by atoms with Crippen molar-refractivity contribution in [3.63, 3.8) is 0 Å². The van der Waals surface area contributed by atoms with E-state index in [1.54, 1.807) is 0 Å². The molecule has 0 saturated heterocycles. The van der Waals surface area contributed by atoms with E-state index in [-0.39, 0.29) is 11.8 Å². The van der Waals surface area contributed by atoms with Gasteiger partial charge in [-0.3, -0.25) is 4.79 Å². The molecule has 1 unspecified atom stereocenters. The minimum Gasteiger partial charge on any atom is -0.398 e. The molecule has 1 aromatic rings. The molecule has 0 fully saturated rings. The molecule has 0 aromatic heterocycles. The number of nitrogens with zero attached hydrogens (tertiary/aromatic N) is 2. The number of nitrogens with one attached hydrogen (secondary N) is 1. The lowest BCUT2D eigenvalue weighted by Crippen LogP contribution is -2.31. The molecule has 1 aromatic carbocycles. The number of nitrogens with two attached hydrogens (primary N) is 1. The maximum absolute atomic E-state index is 12.0. The van der Waals surface area contributed by atoms with Gasteiger partial charge in [-0.05, 0) is 38.1 Å². The maximum Gasteiger partial charge on any atom is 0.225 e. The summed E-state index contributed by atoms with van der Waals surface area (Å²) in [5.41, 5.74) is 8.14. The number of nitriles is 1. The largest absolute Gasteiger partial charge is 0.398 e. The zero-order valence-electron chi connectivity index (χ0n) is 13.0. The summed E-state index contributed by atoms with van der Waals surface area (Å²) in [4.78, 5) is 14.1. The Labute approximate surface area is 126 Å². The van der Waals surface area contributed by atoms with E-state index in [2.05, 4.69) is 16.3 Å². The normalized spacial score (nSPS) is 12.0. The van der Waals surface area contributed by atoms with Crippen LogP contribution in [0.25, 0.3) is 0 Å². The summed E-state index contributed by atoms with van der Waals surface area (Å²) in [6, 6.07) is 7.70. The fraction of sp³-hybridized carbons (Fsp3) is 0.500. The van der Waals surface area contributed by atoms with E-state index in [9.17, 15) is 4.79 Å². The van der Waals surface area contributed by atoms with Crippen molar-refractivity contribution in [3.8, 4) is 6.07 Å². The Bertz CT molecular complexity index is 521. The second kappa shape index (κ2) is 8.28. The number of carbonyl (C=O) groups excluding carboxylic acids is 1. The number of anilines is 2. The Morgan fingerprint density at radius 3 is 2.86 bits per heavy atom. The van der Waals surface area contributed by atoms with Gasteiger partial charge in [-0.15, -0.1) is 0 Å². The van der Waals surface area contributed by atoms with Gasteiger partial charge in [0.1, 0.15) is 0 Å². The standard InChI is InChI=1S/C16H24N4O/c1-4-20(11-12(2)10-17)9-8-16(21)19-15-7-5-6-14(18)13(15)3/h5-7,12H,4,8-9,11,18H2,1-3H3,(H,19,21). The van der Waals surface area contributed by atoms with Crippen LogP contribution in [0.15, 0.2) is 18.2 Å². The van der Waals surface area contributed by atoms with Crippen LogP contribution in [-0.2, 0) is 4.79 Å². The topological polar surface area (TPSA) is 82.2 Å². The number of rotatable bonds is 7. The first-order chi connectivity index (χ1) is 9.97. The SMILES string of the molecule is CCN(CCC(=O)Nc1cccc(N)c1C)CC(C)C#N. The number of nitrogen functional groups attached to an aromatic ring is 1. The summed E-state index contributed by atoms with van der Waals surface area (Å²) in [5, 5.41) is 11.7. The minimum absolute atomic E-state index is 0.0239. The molecule has 0 aliphatic rings. The average molecular weight is 288 g/mol. The second-order valence-electron chi connectivity index (χ2n) is 5.24. The third-order valence-corrected chi connectivity index (χ3v) is 3.50. The molecule has 5 nitrogen and oxygen atoms in total. The quantitative estimate of drug-likeness (QED) is 0.755. The van der Waals surface area contributed by atoms with Gasteiger partial charge in [0.15, 0.2) is 0 Å². The highest BCUT2D eigenvalue weighted by Crippen LogP contribution is 2.20. The zero-order chi connectivity index (χ0) is 15.8. The van der Waals surface area contributed by atoms with Crippen LogP contribution >= 0.6 is 0 Å². The predicted molar refractivity (Wildman–Crippen MR) is 85.7 cm³/mol. The van der Waals surface area contributed by atoms with Gasteiger partial charge >= 0.3 is 0 Å². The smallest absolute Gasteiger partial charge is 0.225 e. The van der Waals surface area contributed by atoms with Gasteiger partial charge in [0.05, 0.1) is 12.0 Å². The van der Waals surface area contributed by atoms with Gasteiger partial charge in [0.25, 0.3) is 0 Å². The minimum atomic E-state index is -0.0354. The van der Waals surface area contributed by atoms with Crippen molar-refractivity contribution in [1.82, 2.24) is 4.90 Å². The first-order valence-corrected chi connectivity index (χ1v) is 7.24. The van der Waals surface area contributed by atoms with E-state index in [1.165, 1.54) is 0 Å². The Balaban J connectivity index is 2.50. The molecular weight excluding hydrogens is 264 g/mol. The van der Waals surface area contributed by atoms with Crippen LogP contribution < -0.4 is 11.1 Å². The molecule has 114 valence electrons. The van der Waals surface area contributed by atoms with Gasteiger partial charge in [-0.1, -0.05) is 13.0 Å². The van der Waals surface area contributed by atoms with Crippen molar-refractivity contribution < 1.29 is 4.79 Å². The summed E-state index contributed by atoms with van der Waals surface area (Å²) in [6.45, 7) is 7.98. The third kappa shape index (κ3) is 5.44. The third-order valence-electron chi connectivity index (χ3n) is 3.50. The van der Waals surface area contributed by atoms with Gasteiger partial charge in [0.2, 0.25) is 5.91 Å². The van der Waals surface area contributed by atoms with Crippen molar-refractivity contribution in [2.24, 2.45) is 5.92 Å². The number of hydrogen-bond donors (Lipinski definition) is 2. The van der Waals surface area contributed by atoms with Crippen LogP contribution in [0.5, 0.6) is 0 Å². The second-order valence-corrected chi connectivity index (χ2v) is 5.24. The Kier molecular flexibility index (Phi) is 6.70. The van der Waals surface area contributed by atoms with Crippen LogP contribution in [0, 0.1) is 24.2 Å². The highest BCUT2D eigenvalue weighted by Gasteiger charge is 2.11. The first-order valence-electron chi connectivity index (χ1n) is 7.24. The van der Waals surface area contributed by atoms with Crippen molar-refractivity contribution in [1.29, 1.82) is 5.26 Å². The van der Waals surface area contributed by atoms with Crippen molar-refractivity contribution >= 4 is 17.3 Å². The summed E-state index contributed by atoms with van der Waals surface area (Å²) in [6.07, 6.45) is 0.403. The first kappa shape index (κ1) is 17.0. The van der Waals surface area contributed by atoms with Crippen LogP contribution in [0.4, 0.5) is 11.4 Å². The highest BCUT2D eigenvalue weighted by atomic mass is 16.1. The van der Waals surface area contributed by atoms with Crippen LogP contribution in [0.3, 0.4) is 0 Å². The molecule has 3 N–H and O–H groups in total. The van der Waals surface area contributed by atoms with Crippen LogP contribution in [0.1, 0.15) is 25.8 Å². The van der Waals surface area contributed by atoms with Gasteiger partial charge in [0, 0.05) is 30.9 Å². The summed E-state index contributed by atoms with van der Waals surface area (Å²) in [5.74, 6) is -0.0593. The molecule has 0 aliphatic carbocycles. The molecule has 0 aliphatic heterocycles. The van der Waals surface area contributed by atoms with E-state index < -0.39 is 0 Å². The predicted octanol–water partition coefficient (Wildman–Crippen LogP) is 2.39. The lowest BCUT2D eigenvalue weighted by Gasteiger charge is -2.21. The molecule has 1 rings (SSSR count). The van der Waals surface area contributed by atoms with Gasteiger partial charge in [-0.25, -0.2) is 0 Å². The van der Waals surface area contributed by atoms with E-state index in [0.717, 1.165) is 17.8 Å². The Morgan fingerprint density at radius 2 is 2.24 bits per heavy atom. The van der Waals surface area contributed by atoms with E-state index >= 15 is 0 Å². The molecule has 0 spiro atoms. The van der Waals surface area contributed by atoms with Crippen LogP contribution in [-0.4, -0.2) is 30.4 Å². The lowest BCUT2D eigenvalue weighted by molar-refractivity contribution is -0.116. The summed E-state index contributed by atoms with van der Waals surface area (Å²) in [7, 11) is 0. The molecule has 5 heteroatoms. The number of carbonyl (C=O) groups is 1. The van der Waals surface area contributed by atoms with E-state index in [4.69, 9.17) is 11.0 Å². The van der Waals surface area contributed by atoms with Crippen molar-refractivity contribution in [2.75, 3.05) is 30.7 Å². The molecule has 0 saturated carbocycles. The number of hydrogen-bond acceptors (Lipinski definition) is 4.